The average Bonchev–Trinajstić information content (AvgIpc) is 2.71. The van der Waals surface area contributed by atoms with Gasteiger partial charge in [0.05, 0.1) is 0 Å². The molecule has 3 rings (SSSR count). The van der Waals surface area contributed by atoms with Crippen molar-refractivity contribution in [2.24, 2.45) is 16.8 Å². The summed E-state index contributed by atoms with van der Waals surface area (Å²) in [7, 11) is 4.13. The van der Waals surface area contributed by atoms with E-state index in [-0.39, 0.29) is 24.0 Å². The molecule has 0 spiro atoms. The van der Waals surface area contributed by atoms with E-state index in [0.717, 1.165) is 25.6 Å². The summed E-state index contributed by atoms with van der Waals surface area (Å²) in [5.41, 5.74) is 1.48. The van der Waals surface area contributed by atoms with Crippen LogP contribution in [0.2, 0.25) is 0 Å². The summed E-state index contributed by atoms with van der Waals surface area (Å²) in [5.74, 6) is 2.99. The van der Waals surface area contributed by atoms with Crippen LogP contribution in [0.4, 0.5) is 0 Å². The number of aliphatic imine (C=N–C) groups is 1. The number of halogens is 1. The van der Waals surface area contributed by atoms with Crippen molar-refractivity contribution < 1.29 is 0 Å². The second-order valence-corrected chi connectivity index (χ2v) is 8.87. The van der Waals surface area contributed by atoms with Crippen LogP contribution in [0.15, 0.2) is 35.3 Å². The zero-order chi connectivity index (χ0) is 19.9. The first kappa shape index (κ1) is 24.4. The number of hydrogen-bond donors (Lipinski definition) is 1. The van der Waals surface area contributed by atoms with E-state index in [1.165, 1.54) is 44.7 Å². The van der Waals surface area contributed by atoms with Crippen LogP contribution in [0.5, 0.6) is 0 Å². The highest BCUT2D eigenvalue weighted by Gasteiger charge is 2.28. The quantitative estimate of drug-likeness (QED) is 0.373. The molecular formula is C23H40IN5. The van der Waals surface area contributed by atoms with Gasteiger partial charge in [-0.05, 0) is 36.8 Å². The third-order valence-electron chi connectivity index (χ3n) is 6.42. The molecule has 0 saturated carbocycles. The summed E-state index contributed by atoms with van der Waals surface area (Å²) >= 11 is 0. The number of benzene rings is 1. The molecule has 1 aromatic rings. The van der Waals surface area contributed by atoms with Crippen molar-refractivity contribution in [3.05, 3.63) is 35.9 Å². The van der Waals surface area contributed by atoms with Crippen LogP contribution in [-0.2, 0) is 0 Å². The van der Waals surface area contributed by atoms with Crippen LogP contribution in [0.1, 0.15) is 31.7 Å². The van der Waals surface area contributed by atoms with Gasteiger partial charge in [0.1, 0.15) is 0 Å². The van der Waals surface area contributed by atoms with E-state index < -0.39 is 0 Å². The number of rotatable bonds is 5. The Kier molecular flexibility index (Phi) is 10.2. The molecule has 2 saturated heterocycles. The first-order valence-corrected chi connectivity index (χ1v) is 11.0. The first-order valence-electron chi connectivity index (χ1n) is 11.0. The molecule has 0 bridgehead atoms. The smallest absolute Gasteiger partial charge is 0.193 e. The van der Waals surface area contributed by atoms with Crippen molar-refractivity contribution in [3.63, 3.8) is 0 Å². The molecule has 1 aromatic carbocycles. The van der Waals surface area contributed by atoms with Crippen molar-refractivity contribution in [2.75, 3.05) is 66.5 Å². The molecule has 29 heavy (non-hydrogen) atoms. The predicted octanol–water partition coefficient (Wildman–Crippen LogP) is 3.19. The van der Waals surface area contributed by atoms with Crippen molar-refractivity contribution in [1.29, 1.82) is 0 Å². The Morgan fingerprint density at radius 1 is 1.14 bits per heavy atom. The van der Waals surface area contributed by atoms with Gasteiger partial charge in [-0.3, -0.25) is 4.99 Å². The lowest BCUT2D eigenvalue weighted by atomic mass is 9.82. The van der Waals surface area contributed by atoms with Gasteiger partial charge in [0.15, 0.2) is 5.96 Å². The van der Waals surface area contributed by atoms with Crippen LogP contribution in [0.25, 0.3) is 0 Å². The first-order chi connectivity index (χ1) is 13.6. The average molecular weight is 514 g/mol. The third-order valence-corrected chi connectivity index (χ3v) is 6.42. The molecule has 0 aromatic heterocycles. The van der Waals surface area contributed by atoms with Gasteiger partial charge in [-0.1, -0.05) is 44.2 Å². The topological polar surface area (TPSA) is 34.1 Å². The molecule has 2 aliphatic rings. The monoisotopic (exact) mass is 513 g/mol. The maximum absolute atomic E-state index is 4.58. The Balaban J connectivity index is 0.00000300. The fourth-order valence-corrected chi connectivity index (χ4v) is 4.67. The molecular weight excluding hydrogens is 473 g/mol. The van der Waals surface area contributed by atoms with Gasteiger partial charge in [0.2, 0.25) is 0 Å². The second kappa shape index (κ2) is 12.1. The van der Waals surface area contributed by atoms with Crippen molar-refractivity contribution in [3.8, 4) is 0 Å². The molecule has 0 radical (unpaired) electrons. The molecule has 6 heteroatoms. The summed E-state index contributed by atoms with van der Waals surface area (Å²) in [6.07, 6.45) is 1.20. The normalized spacial score (nSPS) is 25.4. The third kappa shape index (κ3) is 7.10. The minimum atomic E-state index is 0. The summed E-state index contributed by atoms with van der Waals surface area (Å²) in [5, 5.41) is 3.65. The Morgan fingerprint density at radius 2 is 1.83 bits per heavy atom. The van der Waals surface area contributed by atoms with Crippen LogP contribution < -0.4 is 5.32 Å². The van der Waals surface area contributed by atoms with Gasteiger partial charge in [0.25, 0.3) is 0 Å². The Morgan fingerprint density at radius 3 is 2.45 bits per heavy atom. The largest absolute Gasteiger partial charge is 0.356 e. The zero-order valence-electron chi connectivity index (χ0n) is 18.7. The Hall–Kier alpha value is -0.860. The molecule has 164 valence electrons. The van der Waals surface area contributed by atoms with Gasteiger partial charge in [-0.15, -0.1) is 24.0 Å². The molecule has 3 unspecified atom stereocenters. The minimum absolute atomic E-state index is 0. The van der Waals surface area contributed by atoms with Crippen LogP contribution in [0, 0.1) is 11.8 Å². The molecule has 2 fully saturated rings. The zero-order valence-corrected chi connectivity index (χ0v) is 21.0. The van der Waals surface area contributed by atoms with Gasteiger partial charge in [-0.25, -0.2) is 0 Å². The van der Waals surface area contributed by atoms with Gasteiger partial charge < -0.3 is 20.0 Å². The Bertz CT molecular complexity index is 615. The van der Waals surface area contributed by atoms with Crippen molar-refractivity contribution >= 4 is 29.9 Å². The van der Waals surface area contributed by atoms with Gasteiger partial charge in [0, 0.05) is 59.4 Å². The molecule has 0 aliphatic carbocycles. The number of piperazine rings is 1. The van der Waals surface area contributed by atoms with Crippen molar-refractivity contribution in [2.45, 2.75) is 26.2 Å². The number of nitrogens with one attached hydrogen (secondary N) is 1. The number of hydrogen-bond acceptors (Lipinski definition) is 3. The minimum Gasteiger partial charge on any atom is -0.356 e. The highest BCUT2D eigenvalue weighted by atomic mass is 127. The van der Waals surface area contributed by atoms with Crippen LogP contribution >= 0.6 is 24.0 Å². The number of piperidine rings is 1. The van der Waals surface area contributed by atoms with E-state index >= 15 is 0 Å². The van der Waals surface area contributed by atoms with Gasteiger partial charge in [-0.2, -0.15) is 0 Å². The standard InChI is InChI=1S/C23H39N5.HI/c1-19(17-27-14-12-26(4)13-15-27)16-25-23(24-3)28-11-10-22(20(2)18-28)21-8-6-5-7-9-21;/h5-9,19-20,22H,10-18H2,1-4H3,(H,24,25);1H. The lowest BCUT2D eigenvalue weighted by molar-refractivity contribution is 0.139. The summed E-state index contributed by atoms with van der Waals surface area (Å²) in [4.78, 5) is 12.1. The fourth-order valence-electron chi connectivity index (χ4n) is 4.67. The van der Waals surface area contributed by atoms with E-state index in [9.17, 15) is 0 Å². The summed E-state index contributed by atoms with van der Waals surface area (Å²) in [6, 6.07) is 11.0. The Labute approximate surface area is 194 Å². The summed E-state index contributed by atoms with van der Waals surface area (Å²) < 4.78 is 0. The summed E-state index contributed by atoms with van der Waals surface area (Å²) in [6.45, 7) is 13.8. The molecule has 2 heterocycles. The predicted molar refractivity (Wildman–Crippen MR) is 134 cm³/mol. The second-order valence-electron chi connectivity index (χ2n) is 8.87. The van der Waals surface area contributed by atoms with Crippen LogP contribution in [-0.4, -0.2) is 87.1 Å². The van der Waals surface area contributed by atoms with Crippen molar-refractivity contribution in [1.82, 2.24) is 20.0 Å². The molecule has 3 atom stereocenters. The lowest BCUT2D eigenvalue weighted by Gasteiger charge is -2.39. The maximum Gasteiger partial charge on any atom is 0.193 e. The van der Waals surface area contributed by atoms with E-state index in [0.29, 0.717) is 17.8 Å². The number of guanidine groups is 1. The van der Waals surface area contributed by atoms with E-state index in [1.807, 2.05) is 7.05 Å². The van der Waals surface area contributed by atoms with Gasteiger partial charge >= 0.3 is 0 Å². The number of nitrogens with zero attached hydrogens (tertiary/aromatic N) is 4. The highest BCUT2D eigenvalue weighted by molar-refractivity contribution is 14.0. The SMILES string of the molecule is CN=C(NCC(C)CN1CCN(C)CC1)N1CCC(c2ccccc2)C(C)C1.I. The fraction of sp³-hybridized carbons (Fsp3) is 0.696. The van der Waals surface area contributed by atoms with E-state index in [1.54, 1.807) is 0 Å². The maximum atomic E-state index is 4.58. The molecule has 1 N–H and O–H groups in total. The number of likely N-dealkylation sites (tertiary alicyclic amines) is 1. The number of likely N-dealkylation sites (N-methyl/N-ethyl adjacent to an activating group) is 1. The molecule has 0 amide bonds. The van der Waals surface area contributed by atoms with E-state index in [4.69, 9.17) is 0 Å². The lowest BCUT2D eigenvalue weighted by Crippen LogP contribution is -2.50. The van der Waals surface area contributed by atoms with E-state index in [2.05, 4.69) is 76.2 Å². The van der Waals surface area contributed by atoms with Crippen LogP contribution in [0.3, 0.4) is 0 Å². The molecule has 2 aliphatic heterocycles. The molecule has 5 nitrogen and oxygen atoms in total. The highest BCUT2D eigenvalue weighted by Crippen LogP contribution is 2.32.